The van der Waals surface area contributed by atoms with E-state index in [1.165, 1.54) is 0 Å². The molecule has 0 aromatic heterocycles. The van der Waals surface area contributed by atoms with Gasteiger partial charge in [0.1, 0.15) is 5.75 Å². The molecule has 0 saturated carbocycles. The maximum absolute atomic E-state index is 9.96. The quantitative estimate of drug-likeness (QED) is 0.767. The number of benzene rings is 1. The lowest BCUT2D eigenvalue weighted by Crippen LogP contribution is -2.39. The normalized spacial score (nSPS) is 13.8. The second kappa shape index (κ2) is 3.98. The third kappa shape index (κ3) is 2.25. The molecule has 0 radical (unpaired) electrons. The van der Waals surface area contributed by atoms with Gasteiger partial charge in [-0.25, -0.2) is 0 Å². The van der Waals surface area contributed by atoms with E-state index in [0.29, 0.717) is 5.75 Å². The van der Waals surface area contributed by atoms with Gasteiger partial charge in [-0.2, -0.15) is 0 Å². The maximum atomic E-state index is 9.96. The molecule has 3 heteroatoms. The minimum atomic E-state index is -0.723. The average Bonchev–Trinajstić information content (AvgIpc) is 2.15. The molecule has 0 saturated heterocycles. The molecule has 0 spiro atoms. The summed E-state index contributed by atoms with van der Waals surface area (Å²) >= 11 is 0. The zero-order valence-corrected chi connectivity index (χ0v) is 8.82. The summed E-state index contributed by atoms with van der Waals surface area (Å²) in [5.74, 6) is 0.665. The summed E-state index contributed by atoms with van der Waals surface area (Å²) in [5, 5.41) is 9.96. The summed E-state index contributed by atoms with van der Waals surface area (Å²) in [4.78, 5) is 0. The Bertz CT molecular complexity index is 304. The summed E-state index contributed by atoms with van der Waals surface area (Å²) in [7, 11) is 1.58. The molecule has 1 aromatic rings. The van der Waals surface area contributed by atoms with Crippen molar-refractivity contribution in [1.82, 2.24) is 0 Å². The Morgan fingerprint density at radius 2 is 1.93 bits per heavy atom. The average molecular weight is 195 g/mol. The number of hydrogen-bond donors (Lipinski definition) is 2. The third-order valence-electron chi connectivity index (χ3n) is 2.14. The largest absolute Gasteiger partial charge is 0.496 e. The van der Waals surface area contributed by atoms with Crippen molar-refractivity contribution in [2.75, 3.05) is 7.11 Å². The molecule has 78 valence electrons. The van der Waals surface area contributed by atoms with Crippen LogP contribution in [0.5, 0.6) is 5.75 Å². The fourth-order valence-electron chi connectivity index (χ4n) is 1.29. The van der Waals surface area contributed by atoms with Crippen LogP contribution in [-0.4, -0.2) is 17.8 Å². The number of aliphatic hydroxyl groups excluding tert-OH is 1. The van der Waals surface area contributed by atoms with Crippen LogP contribution in [0.2, 0.25) is 0 Å². The first-order valence-corrected chi connectivity index (χ1v) is 4.56. The van der Waals surface area contributed by atoms with Crippen LogP contribution in [0.1, 0.15) is 25.5 Å². The van der Waals surface area contributed by atoms with Crippen molar-refractivity contribution in [2.24, 2.45) is 5.73 Å². The number of ether oxygens (including phenoxy) is 1. The van der Waals surface area contributed by atoms with Gasteiger partial charge >= 0.3 is 0 Å². The van der Waals surface area contributed by atoms with Crippen molar-refractivity contribution in [3.05, 3.63) is 29.8 Å². The third-order valence-corrected chi connectivity index (χ3v) is 2.14. The van der Waals surface area contributed by atoms with E-state index in [1.54, 1.807) is 21.0 Å². The number of para-hydroxylation sites is 1. The lowest BCUT2D eigenvalue weighted by molar-refractivity contribution is 0.102. The maximum Gasteiger partial charge on any atom is 0.124 e. The first kappa shape index (κ1) is 11.0. The molecule has 0 fully saturated rings. The summed E-state index contributed by atoms with van der Waals surface area (Å²) < 4.78 is 5.15. The van der Waals surface area contributed by atoms with Gasteiger partial charge in [-0.1, -0.05) is 18.2 Å². The van der Waals surface area contributed by atoms with Gasteiger partial charge in [-0.05, 0) is 19.9 Å². The molecule has 1 rings (SSSR count). The second-order valence-corrected chi connectivity index (χ2v) is 3.97. The lowest BCUT2D eigenvalue weighted by atomic mass is 9.92. The van der Waals surface area contributed by atoms with Gasteiger partial charge in [0.25, 0.3) is 0 Å². The Hall–Kier alpha value is -1.06. The van der Waals surface area contributed by atoms with Crippen LogP contribution in [0.3, 0.4) is 0 Å². The minimum Gasteiger partial charge on any atom is -0.496 e. The van der Waals surface area contributed by atoms with Gasteiger partial charge in [0, 0.05) is 11.1 Å². The van der Waals surface area contributed by atoms with Crippen LogP contribution in [0.15, 0.2) is 24.3 Å². The number of hydrogen-bond acceptors (Lipinski definition) is 3. The molecule has 3 N–H and O–H groups in total. The van der Waals surface area contributed by atoms with Crippen LogP contribution in [0.25, 0.3) is 0 Å². The van der Waals surface area contributed by atoms with Crippen LogP contribution in [-0.2, 0) is 0 Å². The molecule has 0 heterocycles. The summed E-state index contributed by atoms with van der Waals surface area (Å²) in [5.41, 5.74) is 5.88. The van der Waals surface area contributed by atoms with Gasteiger partial charge in [0.2, 0.25) is 0 Å². The molecule has 3 nitrogen and oxygen atoms in total. The predicted octanol–water partition coefficient (Wildman–Crippen LogP) is 1.47. The highest BCUT2D eigenvalue weighted by Gasteiger charge is 2.26. The number of methoxy groups -OCH3 is 1. The monoisotopic (exact) mass is 195 g/mol. The lowest BCUT2D eigenvalue weighted by Gasteiger charge is -2.27. The van der Waals surface area contributed by atoms with E-state index in [1.807, 2.05) is 24.3 Å². The van der Waals surface area contributed by atoms with Gasteiger partial charge in [0.05, 0.1) is 13.2 Å². The van der Waals surface area contributed by atoms with Crippen LogP contribution in [0, 0.1) is 0 Å². The van der Waals surface area contributed by atoms with E-state index >= 15 is 0 Å². The Labute approximate surface area is 84.5 Å². The van der Waals surface area contributed by atoms with Gasteiger partial charge in [-0.3, -0.25) is 0 Å². The predicted molar refractivity (Wildman–Crippen MR) is 56.2 cm³/mol. The van der Waals surface area contributed by atoms with Crippen molar-refractivity contribution in [3.8, 4) is 5.75 Å². The van der Waals surface area contributed by atoms with E-state index in [4.69, 9.17) is 10.5 Å². The molecule has 0 aliphatic rings. The SMILES string of the molecule is COc1ccccc1C(O)C(C)(C)N. The minimum absolute atomic E-state index is 0.665. The van der Waals surface area contributed by atoms with E-state index in [0.717, 1.165) is 5.56 Å². The summed E-state index contributed by atoms with van der Waals surface area (Å²) in [6, 6.07) is 7.34. The van der Waals surface area contributed by atoms with E-state index in [2.05, 4.69) is 0 Å². The van der Waals surface area contributed by atoms with Gasteiger partial charge in [0.15, 0.2) is 0 Å². The Morgan fingerprint density at radius 1 is 1.36 bits per heavy atom. The second-order valence-electron chi connectivity index (χ2n) is 3.97. The van der Waals surface area contributed by atoms with Crippen molar-refractivity contribution < 1.29 is 9.84 Å². The number of rotatable bonds is 3. The Kier molecular flexibility index (Phi) is 3.13. The van der Waals surface area contributed by atoms with Gasteiger partial charge < -0.3 is 15.6 Å². The zero-order chi connectivity index (χ0) is 10.8. The zero-order valence-electron chi connectivity index (χ0n) is 8.82. The van der Waals surface area contributed by atoms with Crippen LogP contribution >= 0.6 is 0 Å². The molecular formula is C11H17NO2. The molecule has 1 unspecified atom stereocenters. The fraction of sp³-hybridized carbons (Fsp3) is 0.455. The molecule has 14 heavy (non-hydrogen) atoms. The van der Waals surface area contributed by atoms with Crippen LogP contribution in [0.4, 0.5) is 0 Å². The van der Waals surface area contributed by atoms with Gasteiger partial charge in [-0.15, -0.1) is 0 Å². The molecule has 1 aromatic carbocycles. The first-order chi connectivity index (χ1) is 6.46. The molecule has 0 amide bonds. The number of nitrogens with two attached hydrogens (primary N) is 1. The van der Waals surface area contributed by atoms with E-state index in [-0.39, 0.29) is 0 Å². The fourth-order valence-corrected chi connectivity index (χ4v) is 1.29. The van der Waals surface area contributed by atoms with Crippen molar-refractivity contribution in [2.45, 2.75) is 25.5 Å². The molecule has 0 bridgehead atoms. The van der Waals surface area contributed by atoms with Crippen molar-refractivity contribution >= 4 is 0 Å². The topological polar surface area (TPSA) is 55.5 Å². The van der Waals surface area contributed by atoms with E-state index in [9.17, 15) is 5.11 Å². The highest BCUT2D eigenvalue weighted by atomic mass is 16.5. The Morgan fingerprint density at radius 3 is 2.43 bits per heavy atom. The molecular weight excluding hydrogens is 178 g/mol. The highest BCUT2D eigenvalue weighted by molar-refractivity contribution is 5.36. The molecule has 1 atom stereocenters. The summed E-state index contributed by atoms with van der Waals surface area (Å²) in [6.45, 7) is 3.56. The van der Waals surface area contributed by atoms with E-state index < -0.39 is 11.6 Å². The number of aliphatic hydroxyl groups is 1. The van der Waals surface area contributed by atoms with Crippen LogP contribution < -0.4 is 10.5 Å². The molecule has 0 aliphatic carbocycles. The molecule has 0 aliphatic heterocycles. The smallest absolute Gasteiger partial charge is 0.124 e. The van der Waals surface area contributed by atoms with Crippen molar-refractivity contribution in [3.63, 3.8) is 0 Å². The Balaban J connectivity index is 3.06. The summed E-state index contributed by atoms with van der Waals surface area (Å²) in [6.07, 6.45) is -0.723. The highest BCUT2D eigenvalue weighted by Crippen LogP contribution is 2.30. The first-order valence-electron chi connectivity index (χ1n) is 4.56. The van der Waals surface area contributed by atoms with Crippen molar-refractivity contribution in [1.29, 1.82) is 0 Å². The standard InChI is InChI=1S/C11H17NO2/c1-11(2,12)10(13)8-6-4-5-7-9(8)14-3/h4-7,10,13H,12H2,1-3H3.